The number of alkyl halides is 1. The van der Waals surface area contributed by atoms with Crippen molar-refractivity contribution in [3.63, 3.8) is 0 Å². The second-order valence-corrected chi connectivity index (χ2v) is 4.24. The first-order valence-electron chi connectivity index (χ1n) is 4.51. The molecule has 1 amide bonds. The molecule has 0 fully saturated rings. The Balaban J connectivity index is 2.42. The van der Waals surface area contributed by atoms with Gasteiger partial charge in [0.2, 0.25) is 5.91 Å². The Hall–Kier alpha value is -0.740. The van der Waals surface area contributed by atoms with Gasteiger partial charge in [-0.05, 0) is 28.1 Å². The molecule has 0 saturated heterocycles. The van der Waals surface area contributed by atoms with Gasteiger partial charge < -0.3 is 9.64 Å². The van der Waals surface area contributed by atoms with Gasteiger partial charge in [-0.2, -0.15) is 0 Å². The van der Waals surface area contributed by atoms with E-state index >= 15 is 0 Å². The average Bonchev–Trinajstić information content (AvgIpc) is 2.28. The highest BCUT2D eigenvalue weighted by Gasteiger charge is 2.24. The summed E-state index contributed by atoms with van der Waals surface area (Å²) in [6.07, 6.45) is 0. The van der Waals surface area contributed by atoms with E-state index in [1.54, 1.807) is 4.90 Å². The van der Waals surface area contributed by atoms with Crippen LogP contribution in [-0.2, 0) is 4.79 Å². The monoisotopic (exact) mass is 289 g/mol. The summed E-state index contributed by atoms with van der Waals surface area (Å²) in [6.45, 7) is 1.05. The Bertz CT molecular complexity index is 397. The van der Waals surface area contributed by atoms with Crippen LogP contribution in [-0.4, -0.2) is 24.9 Å². The average molecular weight is 291 g/mol. The number of carbonyl (C=O) groups is 1. The molecule has 5 heteroatoms. The number of hydrogen-bond acceptors (Lipinski definition) is 2. The van der Waals surface area contributed by atoms with Crippen LogP contribution < -0.4 is 9.64 Å². The van der Waals surface area contributed by atoms with E-state index in [0.717, 1.165) is 10.2 Å². The Morgan fingerprint density at radius 1 is 1.60 bits per heavy atom. The third-order valence-corrected chi connectivity index (χ3v) is 3.07. The molecule has 1 aromatic rings. The molecule has 1 aliphatic rings. The quantitative estimate of drug-likeness (QED) is 0.743. The minimum Gasteiger partial charge on any atom is -0.488 e. The van der Waals surface area contributed by atoms with E-state index in [0.29, 0.717) is 18.9 Å². The van der Waals surface area contributed by atoms with Gasteiger partial charge in [-0.15, -0.1) is 11.6 Å². The summed E-state index contributed by atoms with van der Waals surface area (Å²) in [5, 5.41) is 0. The predicted octanol–water partition coefficient (Wildman–Crippen LogP) is 2.41. The summed E-state index contributed by atoms with van der Waals surface area (Å²) in [6, 6.07) is 5.60. The molecule has 0 atom stereocenters. The summed E-state index contributed by atoms with van der Waals surface area (Å²) in [5.41, 5.74) is 0.779. The Morgan fingerprint density at radius 3 is 3.13 bits per heavy atom. The lowest BCUT2D eigenvalue weighted by Gasteiger charge is -2.29. The van der Waals surface area contributed by atoms with Crippen LogP contribution in [0.4, 0.5) is 5.69 Å². The number of amides is 1. The SMILES string of the molecule is O=C(CCl)N1CCOc2c(Br)cccc21. The van der Waals surface area contributed by atoms with Gasteiger partial charge in [0.05, 0.1) is 16.7 Å². The van der Waals surface area contributed by atoms with E-state index in [-0.39, 0.29) is 11.8 Å². The molecule has 0 radical (unpaired) electrons. The molecule has 0 N–H and O–H groups in total. The van der Waals surface area contributed by atoms with Crippen molar-refractivity contribution >= 4 is 39.1 Å². The van der Waals surface area contributed by atoms with Crippen LogP contribution in [0.5, 0.6) is 5.75 Å². The topological polar surface area (TPSA) is 29.5 Å². The van der Waals surface area contributed by atoms with Crippen molar-refractivity contribution in [1.29, 1.82) is 0 Å². The molecule has 0 aliphatic carbocycles. The number of halogens is 2. The molecule has 3 nitrogen and oxygen atoms in total. The van der Waals surface area contributed by atoms with Gasteiger partial charge >= 0.3 is 0 Å². The van der Waals surface area contributed by atoms with Crippen LogP contribution in [0.25, 0.3) is 0 Å². The fraction of sp³-hybridized carbons (Fsp3) is 0.300. The summed E-state index contributed by atoms with van der Waals surface area (Å²) >= 11 is 8.93. The maximum atomic E-state index is 11.6. The minimum absolute atomic E-state index is 0.00798. The Kier molecular flexibility index (Phi) is 3.17. The van der Waals surface area contributed by atoms with Crippen LogP contribution in [0.3, 0.4) is 0 Å². The van der Waals surface area contributed by atoms with Crippen molar-refractivity contribution in [3.05, 3.63) is 22.7 Å². The summed E-state index contributed by atoms with van der Waals surface area (Å²) in [4.78, 5) is 13.2. The molecule has 1 aliphatic heterocycles. The van der Waals surface area contributed by atoms with Gasteiger partial charge in [-0.1, -0.05) is 6.07 Å². The van der Waals surface area contributed by atoms with Crippen molar-refractivity contribution in [1.82, 2.24) is 0 Å². The highest BCUT2D eigenvalue weighted by atomic mass is 79.9. The van der Waals surface area contributed by atoms with Crippen LogP contribution in [0.1, 0.15) is 0 Å². The number of rotatable bonds is 1. The zero-order chi connectivity index (χ0) is 10.8. The Labute approximate surface area is 101 Å². The number of para-hydroxylation sites is 1. The van der Waals surface area contributed by atoms with E-state index in [2.05, 4.69) is 15.9 Å². The Morgan fingerprint density at radius 2 is 2.40 bits per heavy atom. The summed E-state index contributed by atoms with van der Waals surface area (Å²) in [7, 11) is 0. The highest BCUT2D eigenvalue weighted by Crippen LogP contribution is 2.37. The normalized spacial score (nSPS) is 14.4. The number of benzene rings is 1. The molecule has 0 saturated carbocycles. The maximum Gasteiger partial charge on any atom is 0.242 e. The molecule has 1 aromatic carbocycles. The molecule has 0 unspecified atom stereocenters. The maximum absolute atomic E-state index is 11.6. The highest BCUT2D eigenvalue weighted by molar-refractivity contribution is 9.10. The first kappa shape index (κ1) is 10.8. The van der Waals surface area contributed by atoms with Crippen molar-refractivity contribution in [2.75, 3.05) is 23.9 Å². The van der Waals surface area contributed by atoms with Crippen molar-refractivity contribution in [2.45, 2.75) is 0 Å². The van der Waals surface area contributed by atoms with Gasteiger partial charge in [-0.3, -0.25) is 4.79 Å². The van der Waals surface area contributed by atoms with Crippen molar-refractivity contribution < 1.29 is 9.53 Å². The zero-order valence-corrected chi connectivity index (χ0v) is 10.2. The van der Waals surface area contributed by atoms with E-state index in [1.165, 1.54) is 0 Å². The first-order chi connectivity index (χ1) is 7.24. The van der Waals surface area contributed by atoms with Gasteiger partial charge in [0.25, 0.3) is 0 Å². The van der Waals surface area contributed by atoms with Crippen molar-refractivity contribution in [2.24, 2.45) is 0 Å². The molecular weight excluding hydrogens is 281 g/mol. The van der Waals surface area contributed by atoms with Crippen LogP contribution in [0.2, 0.25) is 0 Å². The third kappa shape index (κ3) is 1.96. The lowest BCUT2D eigenvalue weighted by atomic mass is 10.2. The fourth-order valence-corrected chi connectivity index (χ4v) is 2.16. The largest absolute Gasteiger partial charge is 0.488 e. The lowest BCUT2D eigenvalue weighted by Crippen LogP contribution is -2.38. The zero-order valence-electron chi connectivity index (χ0n) is 7.87. The molecule has 0 aromatic heterocycles. The number of nitrogens with zero attached hydrogens (tertiary/aromatic N) is 1. The number of fused-ring (bicyclic) bond motifs is 1. The predicted molar refractivity (Wildman–Crippen MR) is 62.7 cm³/mol. The van der Waals surface area contributed by atoms with Crippen LogP contribution >= 0.6 is 27.5 Å². The molecule has 0 spiro atoms. The number of anilines is 1. The van der Waals surface area contributed by atoms with E-state index in [4.69, 9.17) is 16.3 Å². The molecule has 2 rings (SSSR count). The van der Waals surface area contributed by atoms with Gasteiger partial charge in [-0.25, -0.2) is 0 Å². The minimum atomic E-state index is -0.0979. The summed E-state index contributed by atoms with van der Waals surface area (Å²) in [5.74, 6) is 0.605. The standard InChI is InChI=1S/C10H9BrClNO2/c11-7-2-1-3-8-10(7)15-5-4-13(8)9(14)6-12/h1-3H,4-6H2. The van der Waals surface area contributed by atoms with Crippen LogP contribution in [0, 0.1) is 0 Å². The van der Waals surface area contributed by atoms with Crippen molar-refractivity contribution in [3.8, 4) is 5.75 Å². The third-order valence-electron chi connectivity index (χ3n) is 2.21. The fourth-order valence-electron chi connectivity index (χ4n) is 1.54. The number of ether oxygens (including phenoxy) is 1. The molecular formula is C10H9BrClNO2. The van der Waals surface area contributed by atoms with Gasteiger partial charge in [0, 0.05) is 0 Å². The number of carbonyl (C=O) groups excluding carboxylic acids is 1. The molecule has 80 valence electrons. The van der Waals surface area contributed by atoms with Gasteiger partial charge in [0.15, 0.2) is 5.75 Å². The van der Waals surface area contributed by atoms with E-state index in [1.807, 2.05) is 18.2 Å². The summed E-state index contributed by atoms with van der Waals surface area (Å²) < 4.78 is 6.35. The second-order valence-electron chi connectivity index (χ2n) is 3.12. The second kappa shape index (κ2) is 4.41. The number of hydrogen-bond donors (Lipinski definition) is 0. The molecule has 15 heavy (non-hydrogen) atoms. The molecule has 1 heterocycles. The smallest absolute Gasteiger partial charge is 0.242 e. The van der Waals surface area contributed by atoms with E-state index in [9.17, 15) is 4.79 Å². The first-order valence-corrected chi connectivity index (χ1v) is 5.84. The van der Waals surface area contributed by atoms with E-state index < -0.39 is 0 Å². The molecule has 0 bridgehead atoms. The van der Waals surface area contributed by atoms with Crippen LogP contribution in [0.15, 0.2) is 22.7 Å². The van der Waals surface area contributed by atoms with Gasteiger partial charge in [0.1, 0.15) is 12.5 Å². The lowest BCUT2D eigenvalue weighted by molar-refractivity contribution is -0.116.